The summed E-state index contributed by atoms with van der Waals surface area (Å²) in [6.45, 7) is 4.51. The highest BCUT2D eigenvalue weighted by molar-refractivity contribution is 7.13. The summed E-state index contributed by atoms with van der Waals surface area (Å²) in [6.07, 6.45) is 2.73. The number of nitrogens with zero attached hydrogens (tertiary/aromatic N) is 3. The maximum Gasteiger partial charge on any atom is 0.264 e. The molecule has 1 aromatic carbocycles. The van der Waals surface area contributed by atoms with Gasteiger partial charge in [0.05, 0.1) is 37.0 Å². The molecule has 1 spiro atoms. The van der Waals surface area contributed by atoms with Crippen LogP contribution in [0.1, 0.15) is 26.8 Å². The molecule has 7 heteroatoms. The number of ether oxygens (including phenoxy) is 2. The molecule has 4 heterocycles. The third-order valence-electron chi connectivity index (χ3n) is 5.81. The van der Waals surface area contributed by atoms with Crippen molar-refractivity contribution in [3.8, 4) is 17.0 Å². The van der Waals surface area contributed by atoms with Crippen molar-refractivity contribution < 1.29 is 14.3 Å². The minimum Gasteiger partial charge on any atom is -0.497 e. The lowest BCUT2D eigenvalue weighted by molar-refractivity contribution is -0.0804. The lowest BCUT2D eigenvalue weighted by Crippen LogP contribution is -2.45. The molecule has 0 saturated carbocycles. The average Bonchev–Trinajstić information content (AvgIpc) is 3.46. The number of carbonyl (C=O) groups excluding carboxylic acids is 1. The first-order chi connectivity index (χ1) is 14.1. The third kappa shape index (κ3) is 3.24. The van der Waals surface area contributed by atoms with Crippen LogP contribution in [0.15, 0.2) is 42.6 Å². The number of benzene rings is 1. The van der Waals surface area contributed by atoms with Crippen molar-refractivity contribution in [2.24, 2.45) is 0 Å². The predicted molar refractivity (Wildman–Crippen MR) is 111 cm³/mol. The zero-order chi connectivity index (χ0) is 20.0. The van der Waals surface area contributed by atoms with Gasteiger partial charge < -0.3 is 18.9 Å². The Morgan fingerprint density at radius 1 is 1.28 bits per heavy atom. The standard InChI is InChI=1S/C22H23N3O3S/c1-15-6-7-19(29-15)21(26)24-9-8-22(13-24)14-25-18(11-23-20(25)12-28-22)16-4-3-5-17(10-16)27-2/h3-7,10-11H,8-9,12-14H2,1-2H3/t22-/m0/s1. The number of hydrogen-bond acceptors (Lipinski definition) is 5. The summed E-state index contributed by atoms with van der Waals surface area (Å²) in [5.41, 5.74) is 1.77. The van der Waals surface area contributed by atoms with Gasteiger partial charge in [-0.15, -0.1) is 11.3 Å². The number of imidazole rings is 1. The summed E-state index contributed by atoms with van der Waals surface area (Å²) in [4.78, 5) is 21.3. The number of aromatic nitrogens is 2. The van der Waals surface area contributed by atoms with Crippen molar-refractivity contribution in [2.45, 2.75) is 32.1 Å². The number of likely N-dealkylation sites (tertiary alicyclic amines) is 1. The summed E-state index contributed by atoms with van der Waals surface area (Å²) in [7, 11) is 1.67. The van der Waals surface area contributed by atoms with Gasteiger partial charge in [0.1, 0.15) is 23.8 Å². The molecule has 1 fully saturated rings. The number of amides is 1. The van der Waals surface area contributed by atoms with Crippen LogP contribution in [-0.4, -0.2) is 46.2 Å². The van der Waals surface area contributed by atoms with Crippen molar-refractivity contribution in [1.29, 1.82) is 0 Å². The van der Waals surface area contributed by atoms with Gasteiger partial charge in [-0.2, -0.15) is 0 Å². The van der Waals surface area contributed by atoms with Crippen LogP contribution in [-0.2, 0) is 17.9 Å². The molecule has 0 unspecified atom stereocenters. The maximum absolute atomic E-state index is 12.9. The van der Waals surface area contributed by atoms with Gasteiger partial charge in [-0.25, -0.2) is 4.98 Å². The lowest BCUT2D eigenvalue weighted by Gasteiger charge is -2.35. The second-order valence-electron chi connectivity index (χ2n) is 7.74. The molecule has 1 atom stereocenters. The minimum absolute atomic E-state index is 0.105. The van der Waals surface area contributed by atoms with Crippen LogP contribution in [0.4, 0.5) is 0 Å². The topological polar surface area (TPSA) is 56.6 Å². The fraction of sp³-hybridized carbons (Fsp3) is 0.364. The molecule has 6 nitrogen and oxygen atoms in total. The molecule has 2 aliphatic heterocycles. The number of rotatable bonds is 3. The highest BCUT2D eigenvalue weighted by atomic mass is 32.1. The molecule has 2 aliphatic rings. The van der Waals surface area contributed by atoms with E-state index in [2.05, 4.69) is 15.6 Å². The van der Waals surface area contributed by atoms with Crippen molar-refractivity contribution in [3.63, 3.8) is 0 Å². The van der Waals surface area contributed by atoms with Crippen LogP contribution < -0.4 is 4.74 Å². The van der Waals surface area contributed by atoms with E-state index in [-0.39, 0.29) is 11.5 Å². The van der Waals surface area contributed by atoms with Crippen molar-refractivity contribution in [3.05, 3.63) is 58.2 Å². The minimum atomic E-state index is -0.358. The van der Waals surface area contributed by atoms with E-state index in [1.165, 1.54) is 0 Å². The molecule has 2 aromatic heterocycles. The van der Waals surface area contributed by atoms with Crippen LogP contribution in [0.3, 0.4) is 0 Å². The SMILES string of the molecule is COc1cccc(-c2cnc3n2C[C@@]2(CCN(C(=O)c4ccc(C)s4)C2)OC3)c1. The largest absolute Gasteiger partial charge is 0.497 e. The van der Waals surface area contributed by atoms with Gasteiger partial charge in [-0.1, -0.05) is 12.1 Å². The zero-order valence-electron chi connectivity index (χ0n) is 16.6. The van der Waals surface area contributed by atoms with Gasteiger partial charge in [0, 0.05) is 17.0 Å². The monoisotopic (exact) mass is 409 g/mol. The number of aryl methyl sites for hydroxylation is 1. The second kappa shape index (κ2) is 7.00. The number of fused-ring (bicyclic) bond motifs is 1. The molecule has 0 radical (unpaired) electrons. The predicted octanol–water partition coefficient (Wildman–Crippen LogP) is 3.74. The summed E-state index contributed by atoms with van der Waals surface area (Å²) in [5.74, 6) is 1.85. The van der Waals surface area contributed by atoms with E-state index >= 15 is 0 Å². The number of methoxy groups -OCH3 is 1. The van der Waals surface area contributed by atoms with Crippen molar-refractivity contribution >= 4 is 17.2 Å². The van der Waals surface area contributed by atoms with Crippen molar-refractivity contribution in [1.82, 2.24) is 14.5 Å². The smallest absolute Gasteiger partial charge is 0.264 e. The Balaban J connectivity index is 1.40. The van der Waals surface area contributed by atoms with Crippen LogP contribution in [0.5, 0.6) is 5.75 Å². The second-order valence-corrected chi connectivity index (χ2v) is 9.02. The Kier molecular flexibility index (Phi) is 4.44. The van der Waals surface area contributed by atoms with E-state index < -0.39 is 0 Å². The summed E-state index contributed by atoms with van der Waals surface area (Å²) < 4.78 is 13.9. The Hall–Kier alpha value is -2.64. The van der Waals surface area contributed by atoms with Gasteiger partial charge in [0.2, 0.25) is 0 Å². The van der Waals surface area contributed by atoms with Crippen molar-refractivity contribution in [2.75, 3.05) is 20.2 Å². The van der Waals surface area contributed by atoms with E-state index in [0.29, 0.717) is 26.2 Å². The van der Waals surface area contributed by atoms with Gasteiger partial charge >= 0.3 is 0 Å². The van der Waals surface area contributed by atoms with E-state index in [9.17, 15) is 4.79 Å². The van der Waals surface area contributed by atoms with E-state index in [1.807, 2.05) is 48.4 Å². The van der Waals surface area contributed by atoms with E-state index in [1.54, 1.807) is 18.4 Å². The summed E-state index contributed by atoms with van der Waals surface area (Å²) in [5, 5.41) is 0. The van der Waals surface area contributed by atoms with E-state index in [0.717, 1.165) is 39.0 Å². The normalized spacial score (nSPS) is 20.8. The fourth-order valence-corrected chi connectivity index (χ4v) is 5.08. The van der Waals surface area contributed by atoms with Crippen LogP contribution >= 0.6 is 11.3 Å². The van der Waals surface area contributed by atoms with Crippen LogP contribution in [0, 0.1) is 6.92 Å². The first-order valence-corrected chi connectivity index (χ1v) is 10.6. The molecule has 0 aliphatic carbocycles. The van der Waals surface area contributed by atoms with Crippen LogP contribution in [0.25, 0.3) is 11.3 Å². The molecule has 29 heavy (non-hydrogen) atoms. The number of thiophene rings is 1. The van der Waals surface area contributed by atoms with Gasteiger partial charge in [0.25, 0.3) is 5.91 Å². The third-order valence-corrected chi connectivity index (χ3v) is 6.80. The summed E-state index contributed by atoms with van der Waals surface area (Å²) >= 11 is 1.55. The van der Waals surface area contributed by atoms with E-state index in [4.69, 9.17) is 9.47 Å². The summed E-state index contributed by atoms with van der Waals surface area (Å²) in [6, 6.07) is 11.9. The molecule has 1 saturated heterocycles. The quantitative estimate of drug-likeness (QED) is 0.661. The molecule has 1 amide bonds. The first-order valence-electron chi connectivity index (χ1n) is 9.75. The number of carbonyl (C=O) groups is 1. The molecule has 150 valence electrons. The molecule has 3 aromatic rings. The maximum atomic E-state index is 12.9. The average molecular weight is 410 g/mol. The van der Waals surface area contributed by atoms with Gasteiger partial charge in [-0.3, -0.25) is 4.79 Å². The van der Waals surface area contributed by atoms with Crippen LogP contribution in [0.2, 0.25) is 0 Å². The number of hydrogen-bond donors (Lipinski definition) is 0. The highest BCUT2D eigenvalue weighted by Crippen LogP contribution is 2.36. The Morgan fingerprint density at radius 3 is 2.97 bits per heavy atom. The molecule has 5 rings (SSSR count). The molecule has 0 bridgehead atoms. The Bertz CT molecular complexity index is 1070. The first kappa shape index (κ1) is 18.4. The lowest BCUT2D eigenvalue weighted by atomic mass is 10.0. The molecule has 0 N–H and O–H groups in total. The Labute approximate surface area is 173 Å². The molecular formula is C22H23N3O3S. The fourth-order valence-electron chi connectivity index (χ4n) is 4.24. The highest BCUT2D eigenvalue weighted by Gasteiger charge is 2.44. The Morgan fingerprint density at radius 2 is 2.17 bits per heavy atom. The van der Waals surface area contributed by atoms with Gasteiger partial charge in [-0.05, 0) is 37.6 Å². The molecular weight excluding hydrogens is 386 g/mol. The van der Waals surface area contributed by atoms with Gasteiger partial charge in [0.15, 0.2) is 0 Å². The zero-order valence-corrected chi connectivity index (χ0v) is 17.4.